The van der Waals surface area contributed by atoms with E-state index in [0.29, 0.717) is 139 Å². The van der Waals surface area contributed by atoms with Crippen LogP contribution in [-0.2, 0) is 107 Å². The number of imidazole rings is 2. The molecule has 4 unspecified atom stereocenters. The SMILES string of the molecule is CCOP(=O)(O)O[C@H]1C[C@H](n2cnc3c(N)ncnc32)O[C@@H]1COP(=O)(O)OC.COC[C@@H]1C[C@@H](O)CN1C(=O)CCCCCCCCC(=O)NC(COCCC(=O)CCCCN)(COCCC(=O)CCCCN)COCCC(=O)NCCCCC(=O)CCCCO.COP(=O)(O)OC[C@H]1O[C@@H](n2cnc3c(N)ncnc32)C[C@@H]1OP(C)(=O)O. The molecule has 16 N–H and O–H groups in total. The molecule has 0 spiro atoms. The van der Waals surface area contributed by atoms with Crippen molar-refractivity contribution in [2.45, 2.75) is 228 Å². The molecule has 3 aliphatic rings. The fourth-order valence-electron chi connectivity index (χ4n) is 12.9. The molecule has 4 aromatic rings. The van der Waals surface area contributed by atoms with Crippen LogP contribution in [0.1, 0.15) is 186 Å². The molecule has 0 aliphatic carbocycles. The fourth-order valence-corrected chi connectivity index (χ4v) is 15.4. The van der Waals surface area contributed by atoms with Crippen LogP contribution in [0.4, 0.5) is 11.6 Å². The molecule has 7 heterocycles. The number of anilines is 2. The van der Waals surface area contributed by atoms with Crippen molar-refractivity contribution in [3.63, 3.8) is 0 Å². The summed E-state index contributed by atoms with van der Waals surface area (Å²) in [6, 6.07) is -0.0832. The number of phosphoric acid groups is 3. The Balaban J connectivity index is 0.000000366. The van der Waals surface area contributed by atoms with E-state index >= 15 is 0 Å². The first-order valence-corrected chi connectivity index (χ1v) is 46.5. The van der Waals surface area contributed by atoms with Gasteiger partial charge in [-0.15, -0.1) is 0 Å². The molecular weight excluding hydrogens is 1650 g/mol. The van der Waals surface area contributed by atoms with E-state index in [2.05, 4.69) is 49.6 Å². The lowest BCUT2D eigenvalue weighted by atomic mass is 10.0. The van der Waals surface area contributed by atoms with Gasteiger partial charge in [0.25, 0.3) is 0 Å². The van der Waals surface area contributed by atoms with Crippen molar-refractivity contribution in [2.75, 3.05) is 138 Å². The Bertz CT molecular complexity index is 3880. The highest BCUT2D eigenvalue weighted by atomic mass is 31.2. The summed E-state index contributed by atoms with van der Waals surface area (Å²) >= 11 is 0. The van der Waals surface area contributed by atoms with Crippen LogP contribution in [-0.4, -0.2) is 278 Å². The van der Waals surface area contributed by atoms with Gasteiger partial charge >= 0.3 is 31.1 Å². The number of nitrogens with one attached hydrogen (secondary N) is 2. The normalized spacial score (nSPS) is 20.7. The van der Waals surface area contributed by atoms with Gasteiger partial charge in [-0.2, -0.15) is 0 Å². The predicted molar refractivity (Wildman–Crippen MR) is 430 cm³/mol. The number of aliphatic hydroxyl groups is 2. The van der Waals surface area contributed by atoms with E-state index in [1.807, 2.05) is 0 Å². The van der Waals surface area contributed by atoms with Crippen molar-refractivity contribution in [1.29, 1.82) is 0 Å². The lowest BCUT2D eigenvalue weighted by molar-refractivity contribution is -0.133. The minimum absolute atomic E-state index is 0.0223. The molecule has 0 aromatic carbocycles. The van der Waals surface area contributed by atoms with Gasteiger partial charge in [0.05, 0.1) is 97.0 Å². The van der Waals surface area contributed by atoms with Gasteiger partial charge in [-0.3, -0.25) is 69.6 Å². The summed E-state index contributed by atoms with van der Waals surface area (Å²) in [7, 11) is -13.2. The second-order valence-electron chi connectivity index (χ2n) is 28.8. The molecule has 3 amide bonds. The largest absolute Gasteiger partial charge is 0.472 e. The molecule has 4 aromatic heterocycles. The molecule has 0 bridgehead atoms. The minimum atomic E-state index is -4.38. The molecule has 12 atom stereocenters. The number of β-amino-alcohol motifs (C(OH)–C–C–N with tert-alkyl or cyclic N) is 1. The van der Waals surface area contributed by atoms with Gasteiger partial charge in [0.15, 0.2) is 22.9 Å². The molecule has 7 rings (SSSR count). The molecule has 44 nitrogen and oxygen atoms in total. The zero-order valence-corrected chi connectivity index (χ0v) is 72.2. The third kappa shape index (κ3) is 39.3. The highest BCUT2D eigenvalue weighted by Crippen LogP contribution is 2.51. The van der Waals surface area contributed by atoms with E-state index in [-0.39, 0.29) is 144 Å². The Morgan fingerprint density at radius 2 is 1.00 bits per heavy atom. The third-order valence-corrected chi connectivity index (χ3v) is 22.6. The quantitative estimate of drug-likeness (QED) is 0.0208. The van der Waals surface area contributed by atoms with E-state index in [0.717, 1.165) is 65.8 Å². The molecular formula is C71H125N15O29P4. The summed E-state index contributed by atoms with van der Waals surface area (Å²) < 4.78 is 118. The Labute approximate surface area is 692 Å². The van der Waals surface area contributed by atoms with Crippen molar-refractivity contribution in [1.82, 2.24) is 54.6 Å². The average molecular weight is 1780 g/mol. The average Bonchev–Trinajstić information content (AvgIpc) is 1.64. The maximum absolute atomic E-state index is 13.5. The number of amides is 3. The summed E-state index contributed by atoms with van der Waals surface area (Å²) in [4.78, 5) is 140. The molecule has 119 heavy (non-hydrogen) atoms. The highest BCUT2D eigenvalue weighted by Gasteiger charge is 2.45. The van der Waals surface area contributed by atoms with E-state index < -0.39 is 92.8 Å². The van der Waals surface area contributed by atoms with E-state index in [1.165, 1.54) is 32.2 Å². The first-order chi connectivity index (χ1) is 56.7. The first-order valence-electron chi connectivity index (χ1n) is 39.9. The molecule has 0 radical (unpaired) electrons. The molecule has 3 saturated heterocycles. The number of likely N-dealkylation sites (tertiary alicyclic amines) is 1. The molecule has 3 aliphatic heterocycles. The number of fused-ring (bicyclic) bond motifs is 2. The minimum Gasteiger partial charge on any atom is -0.396 e. The van der Waals surface area contributed by atoms with Crippen LogP contribution >= 0.6 is 31.1 Å². The standard InChI is InChI=1S/C46H85N5O12.C13H21N5O9P2.C12H19N5O8P2/c1-60-34-38-32-42(56)33-51(38)45(59)21-7-5-3-2-4-6-20-44(58)50-46(35-61-29-22-40(54)16-8-12-25-47,36-62-30-23-41(55)17-9-13-26-48)37-63-31-24-43(57)49-27-14-10-18-39(53)19-11-15-28-52;1-3-24-29(21,22)27-8-4-10(26-9(8)5-25-28(19,20)23-2)18-7-17-11-12(14)15-6-16-13(11)18;1-22-27(20,21)23-4-8-7(25-26(2,18)19)3-9(24-8)17-6-16-10-11(13)14-5-15-12(10)17/h38,42,52,56H,2-37,47-48H2,1H3,(H,49,57)(H,50,58);6-10H,3-5H2,1-2H3,(H,19,20)(H,21,22)(H2,14,15,16);5-9H,3-4H2,1-2H3,(H,18,19)(H,20,21)(H2,13,14,15)/t38-,42+;8-,9+,10+;7-,8+,9+/m000/s1. The van der Waals surface area contributed by atoms with Crippen LogP contribution in [0.2, 0.25) is 0 Å². The summed E-state index contributed by atoms with van der Waals surface area (Å²) in [5.74, 6) is 0.254. The summed E-state index contributed by atoms with van der Waals surface area (Å²) in [5.41, 5.74) is 23.0. The number of carbonyl (C=O) groups is 6. The number of hydrogen-bond acceptors (Lipinski definition) is 35. The van der Waals surface area contributed by atoms with Gasteiger partial charge in [-0.25, -0.2) is 43.6 Å². The smallest absolute Gasteiger partial charge is 0.396 e. The van der Waals surface area contributed by atoms with Crippen molar-refractivity contribution >= 4 is 100 Å². The van der Waals surface area contributed by atoms with Crippen molar-refractivity contribution in [3.05, 3.63) is 25.3 Å². The molecule has 678 valence electrons. The third-order valence-electron chi connectivity index (χ3n) is 19.0. The summed E-state index contributed by atoms with van der Waals surface area (Å²) in [5, 5.41) is 24.9. The summed E-state index contributed by atoms with van der Waals surface area (Å²) in [6.07, 6.45) is 13.8. The van der Waals surface area contributed by atoms with E-state index in [1.54, 1.807) is 21.1 Å². The number of nitrogen functional groups attached to an aromatic ring is 2. The van der Waals surface area contributed by atoms with Crippen LogP contribution in [0.25, 0.3) is 22.3 Å². The van der Waals surface area contributed by atoms with Crippen molar-refractivity contribution < 1.29 is 137 Å². The van der Waals surface area contributed by atoms with Crippen LogP contribution in [0.5, 0.6) is 0 Å². The number of carbonyl (C=O) groups excluding carboxylic acids is 6. The molecule has 48 heteroatoms. The van der Waals surface area contributed by atoms with Crippen LogP contribution in [0.15, 0.2) is 25.3 Å². The molecule has 3 fully saturated rings. The second-order valence-corrected chi connectivity index (χ2v) is 35.1. The zero-order chi connectivity index (χ0) is 87.4. The maximum atomic E-state index is 13.5. The zero-order valence-electron chi connectivity index (χ0n) is 68.6. The van der Waals surface area contributed by atoms with Crippen molar-refractivity contribution in [3.8, 4) is 0 Å². The lowest BCUT2D eigenvalue weighted by Crippen LogP contribution is -2.58. The number of rotatable bonds is 60. The van der Waals surface area contributed by atoms with Crippen LogP contribution in [0.3, 0.4) is 0 Å². The Kier molecular flexibility index (Phi) is 47.7. The number of nitrogens with zero attached hydrogens (tertiary/aromatic N) is 9. The van der Waals surface area contributed by atoms with E-state index in [4.69, 9.17) is 79.1 Å². The number of phosphoric ester groups is 3. The number of ether oxygens (including phenoxy) is 6. The Hall–Kier alpha value is -5.80. The number of Topliss-reactive ketones (excluding diaryl/α,β-unsaturated/α-hetero) is 3. The predicted octanol–water partition coefficient (Wildman–Crippen LogP) is 4.85. The van der Waals surface area contributed by atoms with Gasteiger partial charge in [0.2, 0.25) is 17.7 Å². The second kappa shape index (κ2) is 54.7. The number of hydrogen-bond donors (Lipinski definition) is 12. The fraction of sp³-hybridized carbons (Fsp3) is 0.775. The monoisotopic (exact) mass is 1780 g/mol. The number of methoxy groups -OCH3 is 1. The van der Waals surface area contributed by atoms with Gasteiger partial charge < -0.3 is 101 Å². The topological polar surface area (TPSA) is 631 Å². The van der Waals surface area contributed by atoms with E-state index in [9.17, 15) is 71.7 Å². The van der Waals surface area contributed by atoms with Crippen LogP contribution in [0, 0.1) is 0 Å². The van der Waals surface area contributed by atoms with Gasteiger partial charge in [0, 0.05) is 118 Å². The lowest BCUT2D eigenvalue weighted by Gasteiger charge is -2.34. The molecule has 0 saturated carbocycles. The van der Waals surface area contributed by atoms with Gasteiger partial charge in [0.1, 0.15) is 77.3 Å². The van der Waals surface area contributed by atoms with Crippen molar-refractivity contribution in [2.24, 2.45) is 11.5 Å². The maximum Gasteiger partial charge on any atom is 0.472 e. The van der Waals surface area contributed by atoms with Crippen LogP contribution < -0.4 is 33.6 Å². The number of unbranched alkanes of at least 4 members (excludes halogenated alkanes) is 9. The number of ketones is 3. The number of aromatic nitrogens is 8. The highest BCUT2D eigenvalue weighted by molar-refractivity contribution is 7.52. The Morgan fingerprint density at radius 3 is 1.47 bits per heavy atom. The number of aliphatic hydroxyl groups excluding tert-OH is 2. The van der Waals surface area contributed by atoms with Gasteiger partial charge in [-0.05, 0) is 90.6 Å². The number of nitrogens with two attached hydrogens (primary N) is 4. The Morgan fingerprint density at radius 1 is 0.546 bits per heavy atom. The summed E-state index contributed by atoms with van der Waals surface area (Å²) in [6.45, 7) is 4.23. The van der Waals surface area contributed by atoms with Gasteiger partial charge in [-0.1, -0.05) is 25.7 Å². The first kappa shape index (κ1) is 104.